The van der Waals surface area contributed by atoms with Crippen molar-refractivity contribution in [1.29, 1.82) is 0 Å². The summed E-state index contributed by atoms with van der Waals surface area (Å²) in [6.07, 6.45) is 15.0. The van der Waals surface area contributed by atoms with Crippen molar-refractivity contribution >= 4 is 66.0 Å². The van der Waals surface area contributed by atoms with E-state index in [4.69, 9.17) is 0 Å². The highest BCUT2D eigenvalue weighted by Gasteiger charge is 2.24. The van der Waals surface area contributed by atoms with Crippen molar-refractivity contribution in [2.24, 2.45) is 0 Å². The molecule has 0 aliphatic carbocycles. The van der Waals surface area contributed by atoms with E-state index in [0.29, 0.717) is 0 Å². The van der Waals surface area contributed by atoms with E-state index in [-0.39, 0.29) is 0 Å². The second kappa shape index (κ2) is 30.8. The highest BCUT2D eigenvalue weighted by Crippen LogP contribution is 2.47. The molecule has 0 unspecified atom stereocenters. The summed E-state index contributed by atoms with van der Waals surface area (Å²) in [5, 5.41) is 0. The van der Waals surface area contributed by atoms with Gasteiger partial charge in [-0.15, -0.1) is 0 Å². The van der Waals surface area contributed by atoms with Gasteiger partial charge in [-0.1, -0.05) is 226 Å². The predicted octanol–water partition coefficient (Wildman–Crippen LogP) is 27.8. The molecular formula is C89H92Br2N2. The molecule has 0 radical (unpaired) electrons. The Morgan fingerprint density at radius 2 is 0.581 bits per heavy atom. The molecule has 0 heterocycles. The highest BCUT2D eigenvalue weighted by molar-refractivity contribution is 9.10. The lowest BCUT2D eigenvalue weighted by Gasteiger charge is -2.30. The van der Waals surface area contributed by atoms with Crippen LogP contribution in [0.5, 0.6) is 0 Å². The van der Waals surface area contributed by atoms with Crippen LogP contribution in [0.4, 0.5) is 34.1 Å². The van der Waals surface area contributed by atoms with Gasteiger partial charge in [-0.2, -0.15) is 0 Å². The number of anilines is 6. The van der Waals surface area contributed by atoms with Gasteiger partial charge in [-0.3, -0.25) is 0 Å². The lowest BCUT2D eigenvalue weighted by Crippen LogP contribution is -2.13. The smallest absolute Gasteiger partial charge is 0.0520 e. The van der Waals surface area contributed by atoms with Gasteiger partial charge in [-0.05, 0) is 300 Å². The van der Waals surface area contributed by atoms with Crippen LogP contribution >= 0.6 is 31.9 Å². The number of hydrogen-bond acceptors (Lipinski definition) is 2. The minimum absolute atomic E-state index is 1.03. The monoisotopic (exact) mass is 1350 g/mol. The zero-order chi connectivity index (χ0) is 65.1. The average molecular weight is 1350 g/mol. The van der Waals surface area contributed by atoms with Gasteiger partial charge in [-0.25, -0.2) is 0 Å². The molecule has 11 aromatic carbocycles. The molecule has 11 aromatic rings. The molecule has 4 heteroatoms. The van der Waals surface area contributed by atoms with E-state index < -0.39 is 0 Å². The van der Waals surface area contributed by atoms with E-state index in [0.717, 1.165) is 76.6 Å². The maximum Gasteiger partial charge on any atom is 0.0520 e. The van der Waals surface area contributed by atoms with Crippen molar-refractivity contribution in [3.05, 3.63) is 283 Å². The molecule has 0 aliphatic heterocycles. The topological polar surface area (TPSA) is 6.48 Å². The van der Waals surface area contributed by atoms with Gasteiger partial charge in [0.1, 0.15) is 0 Å². The summed E-state index contributed by atoms with van der Waals surface area (Å²) in [7, 11) is 0. The number of halogens is 2. The molecule has 0 saturated carbocycles. The second-order valence-electron chi connectivity index (χ2n) is 26.0. The Balaban J connectivity index is 1.01. The minimum Gasteiger partial charge on any atom is -0.310 e. The Morgan fingerprint density at radius 1 is 0.258 bits per heavy atom. The molecule has 0 spiro atoms. The van der Waals surface area contributed by atoms with Crippen LogP contribution in [0.3, 0.4) is 0 Å². The maximum absolute atomic E-state index is 3.65. The van der Waals surface area contributed by atoms with Gasteiger partial charge in [0.2, 0.25) is 0 Å². The first-order chi connectivity index (χ1) is 45.2. The lowest BCUT2D eigenvalue weighted by molar-refractivity contribution is 0.664. The maximum atomic E-state index is 3.65. The van der Waals surface area contributed by atoms with Crippen LogP contribution in [0.1, 0.15) is 141 Å². The van der Waals surface area contributed by atoms with Crippen LogP contribution in [-0.2, 0) is 25.7 Å². The fourth-order valence-electron chi connectivity index (χ4n) is 14.0. The first-order valence-electron chi connectivity index (χ1n) is 34.3. The van der Waals surface area contributed by atoms with Gasteiger partial charge in [0.15, 0.2) is 0 Å². The third-order valence-electron chi connectivity index (χ3n) is 19.0. The van der Waals surface area contributed by atoms with Crippen molar-refractivity contribution in [3.63, 3.8) is 0 Å². The van der Waals surface area contributed by atoms with E-state index in [2.05, 4.69) is 329 Å². The normalized spacial score (nSPS) is 11.4. The first-order valence-corrected chi connectivity index (χ1v) is 35.9. The molecule has 0 N–H and O–H groups in total. The van der Waals surface area contributed by atoms with Crippen LogP contribution in [0.2, 0.25) is 0 Å². The summed E-state index contributed by atoms with van der Waals surface area (Å²) in [5.74, 6) is 0. The minimum atomic E-state index is 1.03. The van der Waals surface area contributed by atoms with E-state index in [1.165, 1.54) is 172 Å². The summed E-state index contributed by atoms with van der Waals surface area (Å²) in [6, 6.07) is 83.2. The van der Waals surface area contributed by atoms with Crippen molar-refractivity contribution in [2.45, 2.75) is 153 Å². The Hall–Kier alpha value is -8.02. The Morgan fingerprint density at radius 3 is 0.914 bits per heavy atom. The van der Waals surface area contributed by atoms with Crippen LogP contribution in [-0.4, -0.2) is 0 Å². The summed E-state index contributed by atoms with van der Waals surface area (Å²) < 4.78 is 2.16. The van der Waals surface area contributed by atoms with Crippen molar-refractivity contribution in [1.82, 2.24) is 0 Å². The molecule has 11 rings (SSSR count). The summed E-state index contributed by atoms with van der Waals surface area (Å²) in [5.41, 5.74) is 35.3. The summed E-state index contributed by atoms with van der Waals surface area (Å²) >= 11 is 7.30. The zero-order valence-corrected chi connectivity index (χ0v) is 59.8. The zero-order valence-electron chi connectivity index (χ0n) is 56.6. The van der Waals surface area contributed by atoms with Crippen molar-refractivity contribution in [2.75, 3.05) is 9.80 Å². The number of nitrogens with zero attached hydrogens (tertiary/aromatic N) is 2. The third-order valence-corrected chi connectivity index (χ3v) is 20.1. The molecule has 0 aliphatic rings. The molecule has 2 nitrogen and oxygen atoms in total. The number of unbranched alkanes of at least 4 members (excludes halogenated alkanes) is 6. The summed E-state index contributed by atoms with van der Waals surface area (Å²) in [4.78, 5) is 5.01. The van der Waals surface area contributed by atoms with Crippen molar-refractivity contribution < 1.29 is 0 Å². The number of hydrogen-bond donors (Lipinski definition) is 0. The number of aryl methyl sites for hydroxylation is 10. The summed E-state index contributed by atoms with van der Waals surface area (Å²) in [6.45, 7) is 23.0. The van der Waals surface area contributed by atoms with E-state index in [1.54, 1.807) is 0 Å². The van der Waals surface area contributed by atoms with Gasteiger partial charge < -0.3 is 9.80 Å². The standard InChI is InChI=1S/C89H92Br2N2/c1-11-15-17-19-22-74-59-87(85-51-49-83(57-61(85)6)93(81-46-38-71(39-47-81)69-34-42-79(91)43-35-69)89-64(9)54-77(55-65(89)10)73-30-26-67(21-13-3)27-31-73)75(23-20-18-16-12-2)58-86(74)84-50-48-82(56-60(84)5)92(80-44-36-70(37-45-80)68-32-40-78(90)41-33-68)88-62(7)52-76(53-63(88)8)72-28-24-66(14-4)25-29-72/h24-59H,11-23H2,1-10H3. The molecule has 472 valence electrons. The van der Waals surface area contributed by atoms with E-state index >= 15 is 0 Å². The van der Waals surface area contributed by atoms with Crippen LogP contribution in [0.15, 0.2) is 227 Å². The largest absolute Gasteiger partial charge is 0.310 e. The van der Waals surface area contributed by atoms with Crippen LogP contribution < -0.4 is 9.80 Å². The van der Waals surface area contributed by atoms with Gasteiger partial charge in [0.25, 0.3) is 0 Å². The first kappa shape index (κ1) is 66.4. The predicted molar refractivity (Wildman–Crippen MR) is 411 cm³/mol. The SMILES string of the molecule is CCCCCCc1cc(-c2ccc(N(c3ccc(-c4ccc(Br)cc4)cc3)c3c(C)cc(-c4ccc(CCC)cc4)cc3C)cc2C)c(CCCCCC)cc1-c1ccc(N(c2ccc(-c3ccc(Br)cc3)cc2)c2c(C)cc(-c3ccc(CC)cc3)cc2C)cc1C. The number of rotatable bonds is 25. The quantitative estimate of drug-likeness (QED) is 0.0526. The third kappa shape index (κ3) is 15.5. The van der Waals surface area contributed by atoms with Gasteiger partial charge in [0.05, 0.1) is 11.4 Å². The van der Waals surface area contributed by atoms with E-state index in [9.17, 15) is 0 Å². The van der Waals surface area contributed by atoms with E-state index in [1.807, 2.05) is 0 Å². The van der Waals surface area contributed by atoms with Gasteiger partial charge in [0, 0.05) is 31.7 Å². The van der Waals surface area contributed by atoms with Crippen molar-refractivity contribution in [3.8, 4) is 66.8 Å². The molecule has 0 saturated heterocycles. The van der Waals surface area contributed by atoms with Crippen LogP contribution in [0, 0.1) is 41.5 Å². The molecule has 0 fully saturated rings. The highest BCUT2D eigenvalue weighted by atomic mass is 79.9. The average Bonchev–Trinajstić information content (AvgIpc) is 0.815. The molecule has 0 aromatic heterocycles. The fraction of sp³-hybridized carbons (Fsp3) is 0.258. The second-order valence-corrected chi connectivity index (χ2v) is 27.8. The Kier molecular flexibility index (Phi) is 22.0. The fourth-order valence-corrected chi connectivity index (χ4v) is 14.5. The molecule has 0 atom stereocenters. The van der Waals surface area contributed by atoms with Crippen LogP contribution in [0.25, 0.3) is 66.8 Å². The molecular weight excluding hydrogens is 1260 g/mol. The van der Waals surface area contributed by atoms with Gasteiger partial charge >= 0.3 is 0 Å². The Bertz CT molecular complexity index is 4280. The molecule has 0 amide bonds. The number of benzene rings is 11. The molecule has 93 heavy (non-hydrogen) atoms. The lowest BCUT2D eigenvalue weighted by atomic mass is 9.84. The Labute approximate surface area is 574 Å². The molecule has 0 bridgehead atoms.